The van der Waals surface area contributed by atoms with E-state index in [0.717, 1.165) is 22.5 Å². The van der Waals surface area contributed by atoms with Crippen LogP contribution in [-0.2, 0) is 0 Å². The molecule has 0 saturated heterocycles. The largest absolute Gasteiger partial charge is 0.192 e. The first-order valence-electron chi connectivity index (χ1n) is 7.63. The third-order valence-corrected chi connectivity index (χ3v) is 2.50. The first-order valence-corrected chi connectivity index (χ1v) is 7.63. The molecule has 0 N–H and O–H groups in total. The van der Waals surface area contributed by atoms with Crippen molar-refractivity contribution in [1.29, 1.82) is 0 Å². The fraction of sp³-hybridized carbons (Fsp3) is 0.333. The molecule has 2 rings (SSSR count). The number of azo groups is 2. The molecule has 0 heterocycles. The Hall–Kier alpha value is -2.36. The van der Waals surface area contributed by atoms with Gasteiger partial charge < -0.3 is 0 Å². The van der Waals surface area contributed by atoms with E-state index in [9.17, 15) is 0 Å². The fourth-order valence-electron chi connectivity index (χ4n) is 1.67. The number of hydrogen-bond acceptors (Lipinski definition) is 4. The van der Waals surface area contributed by atoms with Crippen molar-refractivity contribution in [3.63, 3.8) is 0 Å². The molecule has 0 radical (unpaired) electrons. The average molecular weight is 298 g/mol. The van der Waals surface area contributed by atoms with E-state index >= 15 is 0 Å². The molecule has 2 aromatic rings. The van der Waals surface area contributed by atoms with E-state index in [2.05, 4.69) is 20.5 Å². The Morgan fingerprint density at radius 2 is 0.773 bits per heavy atom. The summed E-state index contributed by atoms with van der Waals surface area (Å²) in [6.45, 7) is 8.00. The Kier molecular flexibility index (Phi) is 11.1. The van der Waals surface area contributed by atoms with Crippen molar-refractivity contribution in [2.24, 2.45) is 20.5 Å². The summed E-state index contributed by atoms with van der Waals surface area (Å²) < 4.78 is 0. The van der Waals surface area contributed by atoms with Gasteiger partial charge in [-0.15, -0.1) is 0 Å². The molecule has 0 amide bonds. The van der Waals surface area contributed by atoms with Gasteiger partial charge in [0.15, 0.2) is 0 Å². The predicted molar refractivity (Wildman–Crippen MR) is 95.5 cm³/mol. The maximum absolute atomic E-state index is 3.98. The standard InChI is InChI=1S/C14H14N4.2C2H6/c1-15-17-13-7-3-11(4-8-13)12-5-9-14(10-6-12)18-16-2;2*1-2/h3-10H,1-2H3;2*1-2H3. The molecule has 0 atom stereocenters. The van der Waals surface area contributed by atoms with Crippen molar-refractivity contribution in [3.8, 4) is 11.1 Å². The highest BCUT2D eigenvalue weighted by Crippen LogP contribution is 2.25. The van der Waals surface area contributed by atoms with Crippen molar-refractivity contribution < 1.29 is 0 Å². The third-order valence-electron chi connectivity index (χ3n) is 2.50. The first kappa shape index (κ1) is 19.6. The summed E-state index contributed by atoms with van der Waals surface area (Å²) >= 11 is 0. The minimum absolute atomic E-state index is 0.859. The Bertz CT molecular complexity index is 501. The van der Waals surface area contributed by atoms with Crippen LogP contribution >= 0.6 is 0 Å². The highest BCUT2D eigenvalue weighted by Gasteiger charge is 1.98. The van der Waals surface area contributed by atoms with Crippen LogP contribution in [-0.4, -0.2) is 14.1 Å². The van der Waals surface area contributed by atoms with Crippen LogP contribution in [0, 0.1) is 0 Å². The molecular formula is C18H26N4. The minimum atomic E-state index is 0.859. The second kappa shape index (κ2) is 12.4. The van der Waals surface area contributed by atoms with Crippen molar-refractivity contribution in [2.45, 2.75) is 27.7 Å². The van der Waals surface area contributed by atoms with Gasteiger partial charge in [-0.2, -0.15) is 20.5 Å². The molecule has 2 aromatic carbocycles. The lowest BCUT2D eigenvalue weighted by atomic mass is 10.1. The highest BCUT2D eigenvalue weighted by atomic mass is 15.1. The lowest BCUT2D eigenvalue weighted by molar-refractivity contribution is 1.17. The number of benzene rings is 2. The van der Waals surface area contributed by atoms with Gasteiger partial charge in [-0.25, -0.2) is 0 Å². The summed E-state index contributed by atoms with van der Waals surface area (Å²) in [4.78, 5) is 0. The summed E-state index contributed by atoms with van der Waals surface area (Å²) in [5, 5.41) is 15.4. The Morgan fingerprint density at radius 3 is 1.00 bits per heavy atom. The molecule has 0 aromatic heterocycles. The zero-order chi connectivity index (χ0) is 16.8. The first-order chi connectivity index (χ1) is 10.8. The fourth-order valence-corrected chi connectivity index (χ4v) is 1.67. The van der Waals surface area contributed by atoms with Crippen molar-refractivity contribution >= 4 is 11.4 Å². The number of rotatable bonds is 3. The molecule has 4 heteroatoms. The van der Waals surface area contributed by atoms with Crippen LogP contribution in [0.15, 0.2) is 69.0 Å². The van der Waals surface area contributed by atoms with Gasteiger partial charge in [0.1, 0.15) is 0 Å². The molecule has 0 saturated carbocycles. The van der Waals surface area contributed by atoms with E-state index in [0.29, 0.717) is 0 Å². The summed E-state index contributed by atoms with van der Waals surface area (Å²) in [5.41, 5.74) is 4.00. The molecular weight excluding hydrogens is 272 g/mol. The molecule has 4 nitrogen and oxygen atoms in total. The average Bonchev–Trinajstić information content (AvgIpc) is 2.61. The molecule has 22 heavy (non-hydrogen) atoms. The van der Waals surface area contributed by atoms with Gasteiger partial charge in [0.05, 0.1) is 11.4 Å². The van der Waals surface area contributed by atoms with Gasteiger partial charge >= 0.3 is 0 Å². The number of hydrogen-bond donors (Lipinski definition) is 0. The van der Waals surface area contributed by atoms with E-state index in [-0.39, 0.29) is 0 Å². The van der Waals surface area contributed by atoms with Crippen LogP contribution in [0.4, 0.5) is 11.4 Å². The van der Waals surface area contributed by atoms with E-state index in [1.807, 2.05) is 76.2 Å². The quantitative estimate of drug-likeness (QED) is 0.557. The smallest absolute Gasteiger partial charge is 0.0852 e. The zero-order valence-corrected chi connectivity index (χ0v) is 14.4. The molecule has 0 aliphatic rings. The molecule has 0 spiro atoms. The summed E-state index contributed by atoms with van der Waals surface area (Å²) in [5.74, 6) is 0. The van der Waals surface area contributed by atoms with E-state index in [4.69, 9.17) is 0 Å². The molecule has 0 aliphatic carbocycles. The Morgan fingerprint density at radius 1 is 0.500 bits per heavy atom. The Balaban J connectivity index is 0.00000102. The van der Waals surface area contributed by atoms with Crippen LogP contribution in [0.5, 0.6) is 0 Å². The van der Waals surface area contributed by atoms with Gasteiger partial charge in [0.25, 0.3) is 0 Å². The summed E-state index contributed by atoms with van der Waals surface area (Å²) in [7, 11) is 3.32. The lowest BCUT2D eigenvalue weighted by Gasteiger charge is -2.02. The van der Waals surface area contributed by atoms with Crippen LogP contribution < -0.4 is 0 Å². The Labute approximate surface area is 134 Å². The van der Waals surface area contributed by atoms with Crippen LogP contribution in [0.3, 0.4) is 0 Å². The second-order valence-electron chi connectivity index (χ2n) is 3.69. The number of nitrogens with zero attached hydrogens (tertiary/aromatic N) is 4. The topological polar surface area (TPSA) is 49.4 Å². The molecule has 0 unspecified atom stereocenters. The maximum atomic E-state index is 3.98. The van der Waals surface area contributed by atoms with E-state index in [1.165, 1.54) is 0 Å². The van der Waals surface area contributed by atoms with Crippen LogP contribution in [0.1, 0.15) is 27.7 Å². The minimum Gasteiger partial charge on any atom is -0.192 e. The van der Waals surface area contributed by atoms with E-state index in [1.54, 1.807) is 14.1 Å². The van der Waals surface area contributed by atoms with E-state index < -0.39 is 0 Å². The zero-order valence-electron chi connectivity index (χ0n) is 14.4. The third kappa shape index (κ3) is 6.39. The van der Waals surface area contributed by atoms with Gasteiger partial charge in [0.2, 0.25) is 0 Å². The van der Waals surface area contributed by atoms with Crippen molar-refractivity contribution in [2.75, 3.05) is 14.1 Å². The maximum Gasteiger partial charge on any atom is 0.0852 e. The van der Waals surface area contributed by atoms with Gasteiger partial charge in [0, 0.05) is 14.1 Å². The normalized spacial score (nSPS) is 9.91. The van der Waals surface area contributed by atoms with Crippen molar-refractivity contribution in [3.05, 3.63) is 48.5 Å². The second-order valence-corrected chi connectivity index (χ2v) is 3.69. The van der Waals surface area contributed by atoms with Crippen LogP contribution in [0.25, 0.3) is 11.1 Å². The van der Waals surface area contributed by atoms with Gasteiger partial charge in [-0.05, 0) is 35.4 Å². The van der Waals surface area contributed by atoms with Gasteiger partial charge in [-0.3, -0.25) is 0 Å². The highest BCUT2D eigenvalue weighted by molar-refractivity contribution is 5.66. The SMILES string of the molecule is CC.CC.CN=Nc1ccc(-c2ccc(N=NC)cc2)cc1. The van der Waals surface area contributed by atoms with Crippen LogP contribution in [0.2, 0.25) is 0 Å². The molecule has 0 fully saturated rings. The summed E-state index contributed by atoms with van der Waals surface area (Å²) in [6, 6.07) is 15.9. The lowest BCUT2D eigenvalue weighted by Crippen LogP contribution is -1.76. The molecule has 118 valence electrons. The van der Waals surface area contributed by atoms with Crippen molar-refractivity contribution in [1.82, 2.24) is 0 Å². The predicted octanol–water partition coefficient (Wildman–Crippen LogP) is 6.83. The summed E-state index contributed by atoms with van der Waals surface area (Å²) in [6.07, 6.45) is 0. The molecule has 0 bridgehead atoms. The van der Waals surface area contributed by atoms with Gasteiger partial charge in [-0.1, -0.05) is 52.0 Å². The monoisotopic (exact) mass is 298 g/mol. The molecule has 0 aliphatic heterocycles.